The first-order valence-corrected chi connectivity index (χ1v) is 5.70. The van der Waals surface area contributed by atoms with E-state index in [1.807, 2.05) is 0 Å². The summed E-state index contributed by atoms with van der Waals surface area (Å²) in [5.74, 6) is -0.522. The predicted molar refractivity (Wildman–Crippen MR) is 67.7 cm³/mol. The second kappa shape index (κ2) is 5.35. The lowest BCUT2D eigenvalue weighted by Crippen LogP contribution is -2.52. The maximum absolute atomic E-state index is 13.1. The number of halogens is 1. The zero-order valence-electron chi connectivity index (χ0n) is 11.1. The number of hydrogen-bond donors (Lipinski definition) is 2. The number of carbonyl (C=O) groups excluding carboxylic acids is 1. The summed E-state index contributed by atoms with van der Waals surface area (Å²) in [4.78, 5) is 13.5. The van der Waals surface area contributed by atoms with Crippen LogP contribution in [0.3, 0.4) is 0 Å². The summed E-state index contributed by atoms with van der Waals surface area (Å²) >= 11 is 0. The summed E-state index contributed by atoms with van der Waals surface area (Å²) in [5, 5.41) is 12.2. The molecule has 1 aromatic carbocycles. The summed E-state index contributed by atoms with van der Waals surface area (Å²) in [6.45, 7) is 3.81. The first-order valence-electron chi connectivity index (χ1n) is 5.70. The van der Waals surface area contributed by atoms with Crippen molar-refractivity contribution in [1.82, 2.24) is 10.2 Å². The van der Waals surface area contributed by atoms with Crippen LogP contribution in [-0.2, 0) is 11.3 Å². The van der Waals surface area contributed by atoms with Gasteiger partial charge >= 0.3 is 0 Å². The van der Waals surface area contributed by atoms with Gasteiger partial charge in [0.2, 0.25) is 5.91 Å². The number of rotatable bonds is 4. The summed E-state index contributed by atoms with van der Waals surface area (Å²) in [6.07, 6.45) is 0. The minimum atomic E-state index is -0.743. The van der Waals surface area contributed by atoms with E-state index >= 15 is 0 Å². The van der Waals surface area contributed by atoms with Crippen LogP contribution in [-0.4, -0.2) is 35.5 Å². The van der Waals surface area contributed by atoms with E-state index in [9.17, 15) is 14.3 Å². The van der Waals surface area contributed by atoms with Gasteiger partial charge in [-0.3, -0.25) is 9.69 Å². The first kappa shape index (κ1) is 14.4. The van der Waals surface area contributed by atoms with Crippen LogP contribution in [0.25, 0.3) is 0 Å². The lowest BCUT2D eigenvalue weighted by Gasteiger charge is -2.33. The van der Waals surface area contributed by atoms with E-state index in [1.165, 1.54) is 18.2 Å². The molecule has 0 saturated carbocycles. The number of nitrogens with zero attached hydrogens (tertiary/aromatic N) is 1. The zero-order valence-corrected chi connectivity index (χ0v) is 11.1. The van der Waals surface area contributed by atoms with Crippen LogP contribution < -0.4 is 5.32 Å². The fraction of sp³-hybridized carbons (Fsp3) is 0.462. The molecule has 0 radical (unpaired) electrons. The van der Waals surface area contributed by atoms with Crippen LogP contribution in [0.4, 0.5) is 4.39 Å². The molecule has 1 aromatic rings. The molecule has 0 spiro atoms. The van der Waals surface area contributed by atoms with Gasteiger partial charge in [-0.05, 0) is 39.1 Å². The summed E-state index contributed by atoms with van der Waals surface area (Å²) < 4.78 is 13.1. The highest BCUT2D eigenvalue weighted by molar-refractivity contribution is 5.85. The van der Waals surface area contributed by atoms with Crippen LogP contribution in [0.2, 0.25) is 0 Å². The molecule has 0 aromatic heterocycles. The van der Waals surface area contributed by atoms with Gasteiger partial charge in [-0.25, -0.2) is 4.39 Å². The smallest absolute Gasteiger partial charge is 0.239 e. The van der Waals surface area contributed by atoms with Crippen molar-refractivity contribution >= 4 is 5.91 Å². The van der Waals surface area contributed by atoms with Gasteiger partial charge in [0.1, 0.15) is 11.6 Å². The Morgan fingerprint density at radius 2 is 2.11 bits per heavy atom. The molecule has 0 saturated heterocycles. The number of amides is 1. The highest BCUT2D eigenvalue weighted by Gasteiger charge is 2.31. The Balaban J connectivity index is 2.90. The first-order chi connectivity index (χ1) is 8.28. The Hall–Kier alpha value is -1.62. The standard InChI is InChI=1S/C13H19FN2O2/c1-13(2,12(18)15-3)16(4)8-9-7-10(14)5-6-11(9)17/h5-7,17H,8H2,1-4H3,(H,15,18). The number of aromatic hydroxyl groups is 1. The quantitative estimate of drug-likeness (QED) is 0.856. The van der Waals surface area contributed by atoms with E-state index in [0.717, 1.165) is 0 Å². The SMILES string of the molecule is CNC(=O)C(C)(C)N(C)Cc1cc(F)ccc1O. The van der Waals surface area contributed by atoms with Crippen LogP contribution in [0, 0.1) is 5.82 Å². The predicted octanol–water partition coefficient (Wildman–Crippen LogP) is 1.49. The third kappa shape index (κ3) is 2.98. The molecule has 1 rings (SSSR count). The number of phenols is 1. The molecular weight excluding hydrogens is 235 g/mol. The van der Waals surface area contributed by atoms with E-state index in [-0.39, 0.29) is 18.2 Å². The normalized spacial score (nSPS) is 11.7. The van der Waals surface area contributed by atoms with Gasteiger partial charge in [-0.1, -0.05) is 0 Å². The number of hydrogen-bond acceptors (Lipinski definition) is 3. The van der Waals surface area contributed by atoms with Crippen molar-refractivity contribution in [1.29, 1.82) is 0 Å². The number of benzene rings is 1. The molecular formula is C13H19FN2O2. The number of likely N-dealkylation sites (N-methyl/N-ethyl adjacent to an activating group) is 2. The third-order valence-electron chi connectivity index (χ3n) is 3.19. The Morgan fingerprint density at radius 3 is 2.67 bits per heavy atom. The van der Waals surface area contributed by atoms with Crippen LogP contribution >= 0.6 is 0 Å². The molecule has 0 unspecified atom stereocenters. The molecule has 1 amide bonds. The minimum Gasteiger partial charge on any atom is -0.508 e. The summed E-state index contributed by atoms with van der Waals surface area (Å²) in [5.41, 5.74) is -0.289. The van der Waals surface area contributed by atoms with Crippen LogP contribution in [0.5, 0.6) is 5.75 Å². The van der Waals surface area contributed by atoms with Crippen molar-refractivity contribution in [2.75, 3.05) is 14.1 Å². The highest BCUT2D eigenvalue weighted by atomic mass is 19.1. The highest BCUT2D eigenvalue weighted by Crippen LogP contribution is 2.23. The van der Waals surface area contributed by atoms with E-state index in [1.54, 1.807) is 32.8 Å². The fourth-order valence-corrected chi connectivity index (χ4v) is 1.61. The second-order valence-electron chi connectivity index (χ2n) is 4.77. The maximum Gasteiger partial charge on any atom is 0.239 e. The molecule has 0 atom stereocenters. The molecule has 4 nitrogen and oxygen atoms in total. The molecule has 0 aliphatic rings. The average Bonchev–Trinajstić information content (AvgIpc) is 2.32. The van der Waals surface area contributed by atoms with Gasteiger partial charge in [0.25, 0.3) is 0 Å². The van der Waals surface area contributed by atoms with E-state index < -0.39 is 11.4 Å². The van der Waals surface area contributed by atoms with Gasteiger partial charge in [-0.15, -0.1) is 0 Å². The molecule has 100 valence electrons. The van der Waals surface area contributed by atoms with E-state index in [2.05, 4.69) is 5.32 Å². The molecule has 0 bridgehead atoms. The topological polar surface area (TPSA) is 52.6 Å². The molecule has 0 aliphatic heterocycles. The Kier molecular flexibility index (Phi) is 4.29. The molecule has 2 N–H and O–H groups in total. The molecule has 5 heteroatoms. The second-order valence-corrected chi connectivity index (χ2v) is 4.77. The molecule has 0 aliphatic carbocycles. The number of phenolic OH excluding ortho intramolecular Hbond substituents is 1. The van der Waals surface area contributed by atoms with Crippen molar-refractivity contribution in [3.05, 3.63) is 29.6 Å². The van der Waals surface area contributed by atoms with Crippen molar-refractivity contribution < 1.29 is 14.3 Å². The Morgan fingerprint density at radius 1 is 1.50 bits per heavy atom. The monoisotopic (exact) mass is 254 g/mol. The summed E-state index contributed by atoms with van der Waals surface area (Å²) in [7, 11) is 3.32. The lowest BCUT2D eigenvalue weighted by atomic mass is 10.0. The minimum absolute atomic E-state index is 0.0240. The Bertz CT molecular complexity index is 447. The van der Waals surface area contributed by atoms with Crippen molar-refractivity contribution in [2.45, 2.75) is 25.9 Å². The van der Waals surface area contributed by atoms with Gasteiger partial charge in [0, 0.05) is 19.2 Å². The van der Waals surface area contributed by atoms with Crippen LogP contribution in [0.1, 0.15) is 19.4 Å². The largest absolute Gasteiger partial charge is 0.508 e. The maximum atomic E-state index is 13.1. The van der Waals surface area contributed by atoms with Crippen molar-refractivity contribution in [3.8, 4) is 5.75 Å². The van der Waals surface area contributed by atoms with Gasteiger partial charge in [0.15, 0.2) is 0 Å². The van der Waals surface area contributed by atoms with Crippen molar-refractivity contribution in [2.24, 2.45) is 0 Å². The van der Waals surface area contributed by atoms with Crippen molar-refractivity contribution in [3.63, 3.8) is 0 Å². The Labute approximate surface area is 106 Å². The molecule has 0 heterocycles. The van der Waals surface area contributed by atoms with Gasteiger partial charge in [0.05, 0.1) is 5.54 Å². The van der Waals surface area contributed by atoms with E-state index in [4.69, 9.17) is 0 Å². The molecule has 18 heavy (non-hydrogen) atoms. The summed E-state index contributed by atoms with van der Waals surface area (Å²) in [6, 6.07) is 3.78. The number of nitrogens with one attached hydrogen (secondary N) is 1. The number of carbonyl (C=O) groups is 1. The third-order valence-corrected chi connectivity index (χ3v) is 3.19. The fourth-order valence-electron chi connectivity index (χ4n) is 1.61. The van der Waals surface area contributed by atoms with E-state index in [0.29, 0.717) is 5.56 Å². The zero-order chi connectivity index (χ0) is 13.9. The van der Waals surface area contributed by atoms with Crippen LogP contribution in [0.15, 0.2) is 18.2 Å². The van der Waals surface area contributed by atoms with Gasteiger partial charge in [-0.2, -0.15) is 0 Å². The lowest BCUT2D eigenvalue weighted by molar-refractivity contribution is -0.130. The molecule has 0 fully saturated rings. The average molecular weight is 254 g/mol. The van der Waals surface area contributed by atoms with Gasteiger partial charge < -0.3 is 10.4 Å².